The number of fused-ring (bicyclic) bond motifs is 1. The standard InChI is InChI=1S/C17H17ClN2O6S/c1-11-14(18)7-13(8-15(11)20(21)22)27(23,24)19(2)9-12-10-25-16-5-3-4-6-17(16)26-12/h3-8,12H,9-10H2,1-2H3. The molecule has 10 heteroatoms. The number of rotatable bonds is 5. The highest BCUT2D eigenvalue weighted by atomic mass is 35.5. The van der Waals surface area contributed by atoms with E-state index in [4.69, 9.17) is 21.1 Å². The van der Waals surface area contributed by atoms with Crippen LogP contribution in [0.25, 0.3) is 0 Å². The van der Waals surface area contributed by atoms with Crippen LogP contribution in [0.3, 0.4) is 0 Å². The van der Waals surface area contributed by atoms with E-state index in [-0.39, 0.29) is 34.3 Å². The molecule has 0 amide bonds. The van der Waals surface area contributed by atoms with Crippen LogP contribution in [0.1, 0.15) is 5.56 Å². The third kappa shape index (κ3) is 3.85. The Balaban J connectivity index is 1.82. The summed E-state index contributed by atoms with van der Waals surface area (Å²) in [6.07, 6.45) is -0.518. The molecular weight excluding hydrogens is 396 g/mol. The molecule has 0 N–H and O–H groups in total. The van der Waals surface area contributed by atoms with Gasteiger partial charge in [-0.3, -0.25) is 10.1 Å². The van der Waals surface area contributed by atoms with Crippen molar-refractivity contribution in [3.8, 4) is 11.5 Å². The van der Waals surface area contributed by atoms with Crippen molar-refractivity contribution in [1.29, 1.82) is 0 Å². The summed E-state index contributed by atoms with van der Waals surface area (Å²) in [4.78, 5) is 10.3. The first-order chi connectivity index (χ1) is 12.7. The number of para-hydroxylation sites is 2. The molecule has 3 rings (SSSR count). The minimum absolute atomic E-state index is 0.00988. The molecule has 1 heterocycles. The number of nitro groups is 1. The second-order valence-electron chi connectivity index (χ2n) is 6.09. The monoisotopic (exact) mass is 412 g/mol. The molecule has 0 saturated carbocycles. The second kappa shape index (κ2) is 7.34. The van der Waals surface area contributed by atoms with E-state index >= 15 is 0 Å². The maximum Gasteiger partial charge on any atom is 0.275 e. The van der Waals surface area contributed by atoms with Gasteiger partial charge in [0.25, 0.3) is 5.69 Å². The van der Waals surface area contributed by atoms with E-state index in [1.54, 1.807) is 18.2 Å². The molecule has 2 aromatic carbocycles. The lowest BCUT2D eigenvalue weighted by atomic mass is 10.2. The number of likely N-dealkylation sites (N-methyl/N-ethyl adjacent to an activating group) is 1. The SMILES string of the molecule is Cc1c(Cl)cc(S(=O)(=O)N(C)CC2COc3ccccc3O2)cc1[N+](=O)[O-]. The summed E-state index contributed by atoms with van der Waals surface area (Å²) in [5.41, 5.74) is -0.135. The molecule has 0 bridgehead atoms. The summed E-state index contributed by atoms with van der Waals surface area (Å²) in [5.74, 6) is 1.13. The number of hydrogen-bond acceptors (Lipinski definition) is 6. The number of ether oxygens (including phenoxy) is 2. The molecule has 144 valence electrons. The van der Waals surface area contributed by atoms with Gasteiger partial charge in [-0.25, -0.2) is 8.42 Å². The van der Waals surface area contributed by atoms with Gasteiger partial charge in [0.05, 0.1) is 21.4 Å². The highest BCUT2D eigenvalue weighted by Crippen LogP contribution is 2.33. The van der Waals surface area contributed by atoms with Crippen LogP contribution in [0.2, 0.25) is 5.02 Å². The zero-order valence-electron chi connectivity index (χ0n) is 14.6. The van der Waals surface area contributed by atoms with Gasteiger partial charge in [-0.1, -0.05) is 23.7 Å². The van der Waals surface area contributed by atoms with E-state index < -0.39 is 21.1 Å². The number of sulfonamides is 1. The van der Waals surface area contributed by atoms with Crippen molar-refractivity contribution in [3.05, 3.63) is 57.1 Å². The lowest BCUT2D eigenvalue weighted by Gasteiger charge is -2.29. The minimum Gasteiger partial charge on any atom is -0.486 e. The molecule has 0 fully saturated rings. The zero-order valence-corrected chi connectivity index (χ0v) is 16.2. The van der Waals surface area contributed by atoms with E-state index in [2.05, 4.69) is 0 Å². The fourth-order valence-corrected chi connectivity index (χ4v) is 4.23. The average Bonchev–Trinajstić information content (AvgIpc) is 2.63. The van der Waals surface area contributed by atoms with Gasteiger partial charge in [0.15, 0.2) is 11.5 Å². The van der Waals surface area contributed by atoms with Gasteiger partial charge in [0.1, 0.15) is 12.7 Å². The highest BCUT2D eigenvalue weighted by molar-refractivity contribution is 7.89. The quantitative estimate of drug-likeness (QED) is 0.553. The fourth-order valence-electron chi connectivity index (χ4n) is 2.70. The summed E-state index contributed by atoms with van der Waals surface area (Å²) in [6, 6.07) is 9.33. The van der Waals surface area contributed by atoms with Crippen molar-refractivity contribution in [2.75, 3.05) is 20.2 Å². The van der Waals surface area contributed by atoms with Gasteiger partial charge in [0.2, 0.25) is 10.0 Å². The molecule has 27 heavy (non-hydrogen) atoms. The van der Waals surface area contributed by atoms with Crippen molar-refractivity contribution in [3.63, 3.8) is 0 Å². The Kier molecular flexibility index (Phi) is 5.27. The molecule has 0 aromatic heterocycles. The van der Waals surface area contributed by atoms with Gasteiger partial charge in [-0.15, -0.1) is 0 Å². The van der Waals surface area contributed by atoms with Gasteiger partial charge >= 0.3 is 0 Å². The first-order valence-corrected chi connectivity index (χ1v) is 9.81. The van der Waals surface area contributed by atoms with Crippen molar-refractivity contribution in [1.82, 2.24) is 4.31 Å². The smallest absolute Gasteiger partial charge is 0.275 e. The van der Waals surface area contributed by atoms with Crippen molar-refractivity contribution in [2.45, 2.75) is 17.9 Å². The summed E-state index contributed by atoms with van der Waals surface area (Å²) < 4.78 is 38.1. The molecule has 1 aliphatic heterocycles. The molecule has 8 nitrogen and oxygen atoms in total. The Morgan fingerprint density at radius 2 is 1.96 bits per heavy atom. The van der Waals surface area contributed by atoms with Gasteiger partial charge in [-0.05, 0) is 25.1 Å². The Hall–Kier alpha value is -2.36. The van der Waals surface area contributed by atoms with Crippen LogP contribution in [-0.2, 0) is 10.0 Å². The lowest BCUT2D eigenvalue weighted by Crippen LogP contribution is -2.41. The fraction of sp³-hybridized carbons (Fsp3) is 0.294. The number of halogens is 1. The molecular formula is C17H17ClN2O6S. The van der Waals surface area contributed by atoms with Crippen LogP contribution < -0.4 is 9.47 Å². The van der Waals surface area contributed by atoms with E-state index in [1.165, 1.54) is 20.0 Å². The molecule has 1 atom stereocenters. The van der Waals surface area contributed by atoms with Crippen LogP contribution in [0.15, 0.2) is 41.3 Å². The Morgan fingerprint density at radius 3 is 2.63 bits per heavy atom. The van der Waals surface area contributed by atoms with Gasteiger partial charge in [-0.2, -0.15) is 4.31 Å². The third-order valence-corrected chi connectivity index (χ3v) is 6.42. The Labute approximate surface area is 161 Å². The Morgan fingerprint density at radius 1 is 1.30 bits per heavy atom. The molecule has 0 aliphatic carbocycles. The van der Waals surface area contributed by atoms with Crippen LogP contribution >= 0.6 is 11.6 Å². The summed E-state index contributed by atoms with van der Waals surface area (Å²) >= 11 is 5.99. The molecule has 0 saturated heterocycles. The van der Waals surface area contributed by atoms with Crippen LogP contribution in [0, 0.1) is 17.0 Å². The maximum atomic E-state index is 12.8. The van der Waals surface area contributed by atoms with Crippen molar-refractivity contribution < 1.29 is 22.8 Å². The predicted octanol–water partition coefficient (Wildman–Crippen LogP) is 3.02. The maximum absolute atomic E-state index is 12.8. The van der Waals surface area contributed by atoms with Gasteiger partial charge < -0.3 is 9.47 Å². The number of hydrogen-bond donors (Lipinski definition) is 0. The van der Waals surface area contributed by atoms with Crippen LogP contribution in [0.5, 0.6) is 11.5 Å². The zero-order chi connectivity index (χ0) is 19.8. The first kappa shape index (κ1) is 19.4. The van der Waals surface area contributed by atoms with E-state index in [1.807, 2.05) is 6.07 Å². The average molecular weight is 413 g/mol. The topological polar surface area (TPSA) is 99.0 Å². The molecule has 0 radical (unpaired) electrons. The Bertz CT molecular complexity index is 995. The minimum atomic E-state index is -4.00. The normalized spacial score (nSPS) is 16.4. The van der Waals surface area contributed by atoms with E-state index in [0.717, 1.165) is 10.4 Å². The van der Waals surface area contributed by atoms with E-state index in [0.29, 0.717) is 11.5 Å². The van der Waals surface area contributed by atoms with E-state index in [9.17, 15) is 18.5 Å². The molecule has 1 unspecified atom stereocenters. The first-order valence-electron chi connectivity index (χ1n) is 7.99. The number of nitrogens with zero attached hydrogens (tertiary/aromatic N) is 2. The largest absolute Gasteiger partial charge is 0.486 e. The predicted molar refractivity (Wildman–Crippen MR) is 99.0 cm³/mol. The summed E-state index contributed by atoms with van der Waals surface area (Å²) in [5, 5.41) is 11.2. The second-order valence-corrected chi connectivity index (χ2v) is 8.54. The number of nitro benzene ring substituents is 1. The van der Waals surface area contributed by atoms with Crippen molar-refractivity contribution in [2.24, 2.45) is 0 Å². The summed E-state index contributed by atoms with van der Waals surface area (Å²) in [7, 11) is -2.63. The van der Waals surface area contributed by atoms with Crippen LogP contribution in [0.4, 0.5) is 5.69 Å². The van der Waals surface area contributed by atoms with Crippen LogP contribution in [-0.4, -0.2) is 43.9 Å². The molecule has 0 spiro atoms. The third-order valence-electron chi connectivity index (χ3n) is 4.22. The lowest BCUT2D eigenvalue weighted by molar-refractivity contribution is -0.385. The highest BCUT2D eigenvalue weighted by Gasteiger charge is 2.30. The summed E-state index contributed by atoms with van der Waals surface area (Å²) in [6.45, 7) is 1.66. The molecule has 2 aromatic rings. The number of benzene rings is 2. The van der Waals surface area contributed by atoms with Crippen molar-refractivity contribution >= 4 is 27.3 Å². The van der Waals surface area contributed by atoms with Gasteiger partial charge in [0, 0.05) is 18.7 Å². The molecule has 1 aliphatic rings.